The average Bonchev–Trinajstić information content (AvgIpc) is 3.35. The number of nitrogens with zero attached hydrogens (tertiary/aromatic N) is 3. The lowest BCUT2D eigenvalue weighted by atomic mass is 9.92. The maximum Gasteiger partial charge on any atom is 0.224 e. The molecule has 4 rings (SSSR count). The first-order valence-electron chi connectivity index (χ1n) is 10.1. The topological polar surface area (TPSA) is 47.4 Å². The molecule has 0 N–H and O–H groups in total. The van der Waals surface area contributed by atoms with Crippen molar-refractivity contribution in [1.29, 1.82) is 0 Å². The Morgan fingerprint density at radius 2 is 2.07 bits per heavy atom. The molecule has 1 aliphatic carbocycles. The predicted molar refractivity (Wildman–Crippen MR) is 108 cm³/mol. The normalized spacial score (nSPS) is 19.5. The zero-order chi connectivity index (χ0) is 20.1. The maximum absolute atomic E-state index is 14.2. The Labute approximate surface area is 165 Å². The lowest BCUT2D eigenvalue weighted by Gasteiger charge is -2.36. The molecule has 2 heterocycles. The first-order chi connectivity index (χ1) is 13.2. The Morgan fingerprint density at radius 3 is 2.71 bits per heavy atom. The number of anilines is 1. The van der Waals surface area contributed by atoms with E-state index in [4.69, 9.17) is 4.74 Å². The predicted octanol–water partition coefficient (Wildman–Crippen LogP) is 4.70. The molecule has 1 atom stereocenters. The van der Waals surface area contributed by atoms with E-state index < -0.39 is 5.67 Å². The minimum absolute atomic E-state index is 0.0134. The number of hydrogen-bond donors (Lipinski definition) is 0. The van der Waals surface area contributed by atoms with Crippen molar-refractivity contribution >= 4 is 11.6 Å². The van der Waals surface area contributed by atoms with E-state index in [-0.39, 0.29) is 18.6 Å². The molecule has 6 heteroatoms. The summed E-state index contributed by atoms with van der Waals surface area (Å²) in [5, 5.41) is 4.49. The molecule has 0 saturated heterocycles. The molecular weight excluding hydrogens is 357 g/mol. The van der Waals surface area contributed by atoms with E-state index in [1.165, 1.54) is 13.8 Å². The second-order valence-electron chi connectivity index (χ2n) is 8.66. The van der Waals surface area contributed by atoms with Crippen molar-refractivity contribution in [2.45, 2.75) is 71.1 Å². The lowest BCUT2D eigenvalue weighted by molar-refractivity contribution is -0.117. The third-order valence-corrected chi connectivity index (χ3v) is 5.48. The Kier molecular flexibility index (Phi) is 4.68. The molecule has 1 fully saturated rings. The number of carbonyl (C=O) groups excluding carboxylic acids is 1. The second kappa shape index (κ2) is 6.90. The summed E-state index contributed by atoms with van der Waals surface area (Å²) in [7, 11) is 0. The molecule has 1 aromatic heterocycles. The van der Waals surface area contributed by atoms with E-state index in [1.54, 1.807) is 6.92 Å². The smallest absolute Gasteiger partial charge is 0.224 e. The third-order valence-electron chi connectivity index (χ3n) is 5.48. The minimum Gasteiger partial charge on any atom is -0.489 e. The molecule has 1 saturated carbocycles. The highest BCUT2D eigenvalue weighted by molar-refractivity contribution is 5.95. The summed E-state index contributed by atoms with van der Waals surface area (Å²) in [6.45, 7) is 6.63. The van der Waals surface area contributed by atoms with Gasteiger partial charge in [-0.25, -0.2) is 4.39 Å². The van der Waals surface area contributed by atoms with Gasteiger partial charge in [-0.1, -0.05) is 0 Å². The number of aromatic nitrogens is 2. The summed E-state index contributed by atoms with van der Waals surface area (Å²) in [4.78, 5) is 14.1. The fraction of sp³-hybridized carbons (Fsp3) is 0.545. The molecular formula is C22H28FN3O2. The van der Waals surface area contributed by atoms with Gasteiger partial charge in [0, 0.05) is 35.9 Å². The number of alkyl halides is 1. The quantitative estimate of drug-likeness (QED) is 0.750. The molecule has 0 bridgehead atoms. The number of halogens is 1. The molecule has 28 heavy (non-hydrogen) atoms. The first-order valence-corrected chi connectivity index (χ1v) is 10.1. The van der Waals surface area contributed by atoms with Crippen LogP contribution < -0.4 is 9.64 Å². The first kappa shape index (κ1) is 19.0. The number of hydrogen-bond acceptors (Lipinski definition) is 3. The van der Waals surface area contributed by atoms with Crippen molar-refractivity contribution < 1.29 is 13.9 Å². The van der Waals surface area contributed by atoms with Gasteiger partial charge in [0.15, 0.2) is 0 Å². The Balaban J connectivity index is 1.80. The van der Waals surface area contributed by atoms with Gasteiger partial charge in [-0.3, -0.25) is 9.48 Å². The van der Waals surface area contributed by atoms with E-state index in [9.17, 15) is 9.18 Å². The number of ether oxygens (including phenoxy) is 1. The third kappa shape index (κ3) is 3.64. The average molecular weight is 385 g/mol. The number of carbonyl (C=O) groups is 1. The highest BCUT2D eigenvalue weighted by Crippen LogP contribution is 2.44. The molecule has 0 spiro atoms. The summed E-state index contributed by atoms with van der Waals surface area (Å²) in [5.41, 5.74) is 2.29. The Morgan fingerprint density at radius 1 is 1.32 bits per heavy atom. The van der Waals surface area contributed by atoms with Gasteiger partial charge in [0.1, 0.15) is 18.0 Å². The van der Waals surface area contributed by atoms with Gasteiger partial charge in [-0.05, 0) is 58.6 Å². The van der Waals surface area contributed by atoms with E-state index in [2.05, 4.69) is 12.0 Å². The Bertz CT molecular complexity index is 896. The fourth-order valence-corrected chi connectivity index (χ4v) is 3.94. The van der Waals surface area contributed by atoms with Gasteiger partial charge in [0.2, 0.25) is 5.91 Å². The number of benzene rings is 1. The summed E-state index contributed by atoms with van der Waals surface area (Å²) in [6, 6.07) is 4.60. The van der Waals surface area contributed by atoms with Crippen LogP contribution in [0.2, 0.25) is 0 Å². The van der Waals surface area contributed by atoms with Gasteiger partial charge in [-0.2, -0.15) is 5.10 Å². The highest BCUT2D eigenvalue weighted by Gasteiger charge is 2.31. The van der Waals surface area contributed by atoms with Crippen molar-refractivity contribution in [2.24, 2.45) is 0 Å². The van der Waals surface area contributed by atoms with Crippen LogP contribution in [0.4, 0.5) is 10.1 Å². The van der Waals surface area contributed by atoms with Gasteiger partial charge in [-0.15, -0.1) is 0 Å². The minimum atomic E-state index is -1.44. The van der Waals surface area contributed by atoms with Crippen LogP contribution in [0.3, 0.4) is 0 Å². The summed E-state index contributed by atoms with van der Waals surface area (Å²) in [5.74, 6) is 0.691. The zero-order valence-electron chi connectivity index (χ0n) is 17.0. The molecule has 0 radical (unpaired) electrons. The van der Waals surface area contributed by atoms with Crippen LogP contribution in [-0.4, -0.2) is 34.0 Å². The van der Waals surface area contributed by atoms with Crippen molar-refractivity contribution in [3.63, 3.8) is 0 Å². The van der Waals surface area contributed by atoms with Crippen LogP contribution in [0.15, 0.2) is 24.5 Å². The standard InChI is InChI=1S/C22H28FN3O2/c1-14-5-8-19-20(26(14)15(2)27)10-9-18(21(19)28-13-22(3,4)23)16-11-24-25(12-16)17-6-7-17/h9-12,14,17H,5-8,13H2,1-4H3. The molecule has 5 nitrogen and oxygen atoms in total. The summed E-state index contributed by atoms with van der Waals surface area (Å²) < 4.78 is 22.3. The van der Waals surface area contributed by atoms with E-state index in [0.29, 0.717) is 11.8 Å². The second-order valence-corrected chi connectivity index (χ2v) is 8.66. The maximum atomic E-state index is 14.2. The van der Waals surface area contributed by atoms with Crippen LogP contribution in [0.5, 0.6) is 5.75 Å². The molecule has 1 unspecified atom stereocenters. The van der Waals surface area contributed by atoms with Crippen LogP contribution in [-0.2, 0) is 11.2 Å². The summed E-state index contributed by atoms with van der Waals surface area (Å²) in [6.07, 6.45) is 7.87. The summed E-state index contributed by atoms with van der Waals surface area (Å²) >= 11 is 0. The molecule has 1 amide bonds. The SMILES string of the molecule is CC(=O)N1c2ccc(-c3cnn(C4CC4)c3)c(OCC(C)(C)F)c2CCC1C. The van der Waals surface area contributed by atoms with Crippen LogP contribution in [0.1, 0.15) is 58.6 Å². The van der Waals surface area contributed by atoms with Crippen molar-refractivity contribution in [2.75, 3.05) is 11.5 Å². The van der Waals surface area contributed by atoms with Crippen molar-refractivity contribution in [1.82, 2.24) is 9.78 Å². The van der Waals surface area contributed by atoms with Gasteiger partial charge in [0.05, 0.1) is 17.9 Å². The molecule has 150 valence electrons. The van der Waals surface area contributed by atoms with Gasteiger partial charge < -0.3 is 9.64 Å². The fourth-order valence-electron chi connectivity index (χ4n) is 3.94. The Hall–Kier alpha value is -2.37. The molecule has 2 aliphatic rings. The number of rotatable bonds is 5. The highest BCUT2D eigenvalue weighted by atomic mass is 19.1. The van der Waals surface area contributed by atoms with Crippen LogP contribution in [0, 0.1) is 0 Å². The monoisotopic (exact) mass is 385 g/mol. The van der Waals surface area contributed by atoms with Gasteiger partial charge in [0.25, 0.3) is 0 Å². The zero-order valence-corrected chi connectivity index (χ0v) is 17.0. The van der Waals surface area contributed by atoms with Gasteiger partial charge >= 0.3 is 0 Å². The van der Waals surface area contributed by atoms with E-state index in [0.717, 1.165) is 48.1 Å². The molecule has 1 aliphatic heterocycles. The van der Waals surface area contributed by atoms with Crippen molar-refractivity contribution in [3.8, 4) is 16.9 Å². The van der Waals surface area contributed by atoms with E-state index >= 15 is 0 Å². The molecule has 2 aromatic rings. The van der Waals surface area contributed by atoms with E-state index in [1.807, 2.05) is 34.1 Å². The number of amides is 1. The largest absolute Gasteiger partial charge is 0.489 e. The van der Waals surface area contributed by atoms with Crippen molar-refractivity contribution in [3.05, 3.63) is 30.1 Å². The molecule has 1 aromatic carbocycles. The number of fused-ring (bicyclic) bond motifs is 1. The van der Waals surface area contributed by atoms with Crippen LogP contribution in [0.25, 0.3) is 11.1 Å². The van der Waals surface area contributed by atoms with Crippen LogP contribution >= 0.6 is 0 Å². The lowest BCUT2D eigenvalue weighted by Crippen LogP contribution is -2.41.